The van der Waals surface area contributed by atoms with Crippen LogP contribution in [0.1, 0.15) is 18.0 Å². The van der Waals surface area contributed by atoms with Crippen LogP contribution in [-0.4, -0.2) is 44.6 Å². The third-order valence-corrected chi connectivity index (χ3v) is 4.07. The molecule has 0 radical (unpaired) electrons. The van der Waals surface area contributed by atoms with Gasteiger partial charge in [0.15, 0.2) is 0 Å². The number of nitrogens with two attached hydrogens (primary N) is 1. The highest BCUT2D eigenvalue weighted by atomic mass is 32.2. The quantitative estimate of drug-likeness (QED) is 0.807. The van der Waals surface area contributed by atoms with E-state index < -0.39 is 16.1 Å². The van der Waals surface area contributed by atoms with Crippen LogP contribution in [0.3, 0.4) is 0 Å². The third-order valence-electron chi connectivity index (χ3n) is 3.31. The molecule has 2 unspecified atom stereocenters. The first-order chi connectivity index (χ1) is 9.37. The van der Waals surface area contributed by atoms with Crippen LogP contribution in [0.25, 0.3) is 0 Å². The maximum atomic E-state index is 12.3. The number of nitrogens with zero attached hydrogens (tertiary/aromatic N) is 1. The van der Waals surface area contributed by atoms with Crippen LogP contribution < -0.4 is 10.5 Å². The number of amides is 1. The SMILES string of the molecule is CS(=O)(=O)NC1CCN(C(=O)C(N)c2ccccc2)C1. The van der Waals surface area contributed by atoms with Crippen molar-refractivity contribution in [1.29, 1.82) is 0 Å². The van der Waals surface area contributed by atoms with Crippen LogP contribution in [0.15, 0.2) is 30.3 Å². The lowest BCUT2D eigenvalue weighted by atomic mass is 10.1. The molecule has 1 aromatic rings. The molecule has 6 nitrogen and oxygen atoms in total. The van der Waals surface area contributed by atoms with Gasteiger partial charge in [0.1, 0.15) is 6.04 Å². The number of likely N-dealkylation sites (tertiary alicyclic amines) is 1. The smallest absolute Gasteiger partial charge is 0.244 e. The fourth-order valence-corrected chi connectivity index (χ4v) is 3.16. The van der Waals surface area contributed by atoms with Crippen LogP contribution in [0.2, 0.25) is 0 Å². The van der Waals surface area contributed by atoms with Gasteiger partial charge in [-0.05, 0) is 12.0 Å². The van der Waals surface area contributed by atoms with Gasteiger partial charge >= 0.3 is 0 Å². The van der Waals surface area contributed by atoms with Gasteiger partial charge in [-0.1, -0.05) is 30.3 Å². The van der Waals surface area contributed by atoms with Crippen molar-refractivity contribution >= 4 is 15.9 Å². The van der Waals surface area contributed by atoms with Crippen molar-refractivity contribution in [3.63, 3.8) is 0 Å². The molecule has 7 heteroatoms. The molecule has 1 heterocycles. The maximum absolute atomic E-state index is 12.3. The Balaban J connectivity index is 1.98. The summed E-state index contributed by atoms with van der Waals surface area (Å²) < 4.78 is 24.9. The molecule has 0 aromatic heterocycles. The molecule has 1 saturated heterocycles. The molecule has 1 aliphatic rings. The Morgan fingerprint density at radius 2 is 2.05 bits per heavy atom. The van der Waals surface area contributed by atoms with Gasteiger partial charge in [0.05, 0.1) is 6.26 Å². The summed E-state index contributed by atoms with van der Waals surface area (Å²) in [5, 5.41) is 0. The van der Waals surface area contributed by atoms with Crippen LogP contribution in [0.5, 0.6) is 0 Å². The van der Waals surface area contributed by atoms with Gasteiger partial charge in [0.2, 0.25) is 15.9 Å². The van der Waals surface area contributed by atoms with Gasteiger partial charge in [0, 0.05) is 19.1 Å². The predicted molar refractivity (Wildman–Crippen MR) is 76.3 cm³/mol. The van der Waals surface area contributed by atoms with Crippen molar-refractivity contribution in [3.8, 4) is 0 Å². The van der Waals surface area contributed by atoms with E-state index in [1.807, 2.05) is 30.3 Å². The van der Waals surface area contributed by atoms with E-state index >= 15 is 0 Å². The van der Waals surface area contributed by atoms with Gasteiger partial charge in [-0.25, -0.2) is 13.1 Å². The number of nitrogens with one attached hydrogen (secondary N) is 1. The van der Waals surface area contributed by atoms with E-state index in [-0.39, 0.29) is 11.9 Å². The Hall–Kier alpha value is -1.44. The number of sulfonamides is 1. The van der Waals surface area contributed by atoms with Gasteiger partial charge in [-0.15, -0.1) is 0 Å². The minimum atomic E-state index is -3.25. The van der Waals surface area contributed by atoms with Crippen molar-refractivity contribution in [2.75, 3.05) is 19.3 Å². The molecule has 20 heavy (non-hydrogen) atoms. The summed E-state index contributed by atoms with van der Waals surface area (Å²) in [6.45, 7) is 0.888. The zero-order valence-electron chi connectivity index (χ0n) is 11.3. The molecular formula is C13H19N3O3S. The fraction of sp³-hybridized carbons (Fsp3) is 0.462. The zero-order chi connectivity index (χ0) is 14.8. The first-order valence-corrected chi connectivity index (χ1v) is 8.32. The van der Waals surface area contributed by atoms with Crippen molar-refractivity contribution in [1.82, 2.24) is 9.62 Å². The minimum Gasteiger partial charge on any atom is -0.339 e. The topological polar surface area (TPSA) is 92.5 Å². The summed E-state index contributed by atoms with van der Waals surface area (Å²) in [4.78, 5) is 13.9. The summed E-state index contributed by atoms with van der Waals surface area (Å²) in [7, 11) is -3.25. The van der Waals surface area contributed by atoms with Crippen LogP contribution >= 0.6 is 0 Å². The molecule has 3 N–H and O–H groups in total. The highest BCUT2D eigenvalue weighted by Crippen LogP contribution is 2.17. The molecule has 1 fully saturated rings. The first-order valence-electron chi connectivity index (χ1n) is 6.43. The van der Waals surface area contributed by atoms with E-state index in [4.69, 9.17) is 5.73 Å². The second-order valence-electron chi connectivity index (χ2n) is 5.05. The number of carbonyl (C=O) groups is 1. The third kappa shape index (κ3) is 3.78. The first kappa shape index (κ1) is 15.0. The minimum absolute atomic E-state index is 0.172. The monoisotopic (exact) mass is 297 g/mol. The molecule has 2 rings (SSSR count). The number of carbonyl (C=O) groups excluding carboxylic acids is 1. The lowest BCUT2D eigenvalue weighted by Crippen LogP contribution is -2.40. The average molecular weight is 297 g/mol. The molecule has 0 spiro atoms. The second-order valence-corrected chi connectivity index (χ2v) is 6.83. The Morgan fingerprint density at radius 3 is 2.65 bits per heavy atom. The van der Waals surface area contributed by atoms with E-state index in [1.54, 1.807) is 4.90 Å². The predicted octanol–water partition coefficient (Wildman–Crippen LogP) is -0.163. The summed E-state index contributed by atoms with van der Waals surface area (Å²) in [5.41, 5.74) is 6.72. The Kier molecular flexibility index (Phi) is 4.42. The standard InChI is InChI=1S/C13H19N3O3S/c1-20(18,19)15-11-7-8-16(9-11)13(17)12(14)10-5-3-2-4-6-10/h2-6,11-12,15H,7-9,14H2,1H3. The number of rotatable bonds is 4. The van der Waals surface area contributed by atoms with Gasteiger partial charge in [-0.2, -0.15) is 0 Å². The van der Waals surface area contributed by atoms with Crippen LogP contribution in [0.4, 0.5) is 0 Å². The largest absolute Gasteiger partial charge is 0.339 e. The molecule has 0 saturated carbocycles. The molecule has 1 aromatic carbocycles. The molecule has 2 atom stereocenters. The molecular weight excluding hydrogens is 278 g/mol. The van der Waals surface area contributed by atoms with Crippen molar-refractivity contribution in [3.05, 3.63) is 35.9 Å². The zero-order valence-corrected chi connectivity index (χ0v) is 12.1. The van der Waals surface area contributed by atoms with Crippen LogP contribution in [-0.2, 0) is 14.8 Å². The van der Waals surface area contributed by atoms with E-state index in [2.05, 4.69) is 4.72 Å². The number of hydrogen-bond donors (Lipinski definition) is 2. The van der Waals surface area contributed by atoms with E-state index in [0.29, 0.717) is 19.5 Å². The van der Waals surface area contributed by atoms with E-state index in [9.17, 15) is 13.2 Å². The summed E-state index contributed by atoms with van der Waals surface area (Å²) in [5.74, 6) is -0.172. The van der Waals surface area contributed by atoms with Gasteiger partial charge in [-0.3, -0.25) is 4.79 Å². The summed E-state index contributed by atoms with van der Waals surface area (Å²) in [6, 6.07) is 8.23. The van der Waals surface area contributed by atoms with Crippen LogP contribution in [0, 0.1) is 0 Å². The fourth-order valence-electron chi connectivity index (χ4n) is 2.36. The molecule has 1 amide bonds. The Bertz CT molecular complexity index is 574. The Labute approximate surface area is 119 Å². The molecule has 0 bridgehead atoms. The number of hydrogen-bond acceptors (Lipinski definition) is 4. The van der Waals surface area contributed by atoms with Crippen molar-refractivity contribution in [2.24, 2.45) is 5.73 Å². The molecule has 1 aliphatic heterocycles. The normalized spacial score (nSPS) is 20.9. The molecule has 110 valence electrons. The average Bonchev–Trinajstić information content (AvgIpc) is 2.84. The molecule has 0 aliphatic carbocycles. The van der Waals surface area contributed by atoms with E-state index in [1.165, 1.54) is 0 Å². The lowest BCUT2D eigenvalue weighted by molar-refractivity contribution is -0.131. The lowest BCUT2D eigenvalue weighted by Gasteiger charge is -2.21. The van der Waals surface area contributed by atoms with Gasteiger partial charge in [0.25, 0.3) is 0 Å². The second kappa shape index (κ2) is 5.90. The van der Waals surface area contributed by atoms with Crippen molar-refractivity contribution in [2.45, 2.75) is 18.5 Å². The highest BCUT2D eigenvalue weighted by molar-refractivity contribution is 7.88. The van der Waals surface area contributed by atoms with Crippen molar-refractivity contribution < 1.29 is 13.2 Å². The summed E-state index contributed by atoms with van der Waals surface area (Å²) >= 11 is 0. The highest BCUT2D eigenvalue weighted by Gasteiger charge is 2.31. The maximum Gasteiger partial charge on any atom is 0.244 e. The number of benzene rings is 1. The van der Waals surface area contributed by atoms with Gasteiger partial charge < -0.3 is 10.6 Å². The summed E-state index contributed by atoms with van der Waals surface area (Å²) in [6.07, 6.45) is 1.73. The van der Waals surface area contributed by atoms with E-state index in [0.717, 1.165) is 11.8 Å². The Morgan fingerprint density at radius 1 is 1.40 bits per heavy atom.